The number of piperidine rings is 1. The third-order valence-electron chi connectivity index (χ3n) is 3.32. The van der Waals surface area contributed by atoms with Gasteiger partial charge in [-0.25, -0.2) is 0 Å². The van der Waals surface area contributed by atoms with Crippen LogP contribution in [0.5, 0.6) is 0 Å². The average Bonchev–Trinajstić information content (AvgIpc) is 3.01. The van der Waals surface area contributed by atoms with E-state index in [9.17, 15) is 0 Å². The Morgan fingerprint density at radius 1 is 1.38 bits per heavy atom. The van der Waals surface area contributed by atoms with E-state index in [4.69, 9.17) is 10.3 Å². The molecular weight excluding hydrogens is 204 g/mol. The maximum Gasteiger partial charge on any atom is 0.229 e. The third-order valence-corrected chi connectivity index (χ3v) is 3.32. The van der Waals surface area contributed by atoms with Gasteiger partial charge in [0.15, 0.2) is 5.82 Å². The van der Waals surface area contributed by atoms with Crippen molar-refractivity contribution in [2.75, 3.05) is 13.1 Å². The molecule has 1 saturated carbocycles. The van der Waals surface area contributed by atoms with E-state index < -0.39 is 0 Å². The highest BCUT2D eigenvalue weighted by atomic mass is 16.5. The van der Waals surface area contributed by atoms with E-state index in [1.54, 1.807) is 0 Å². The fourth-order valence-corrected chi connectivity index (χ4v) is 2.26. The van der Waals surface area contributed by atoms with Crippen molar-refractivity contribution in [1.29, 1.82) is 0 Å². The summed E-state index contributed by atoms with van der Waals surface area (Å²) in [6.45, 7) is 2.83. The Morgan fingerprint density at radius 3 is 3.00 bits per heavy atom. The molecule has 1 aliphatic carbocycles. The first-order valence-corrected chi connectivity index (χ1v) is 6.11. The Labute approximate surface area is 95.0 Å². The van der Waals surface area contributed by atoms with Crippen LogP contribution in [0.2, 0.25) is 0 Å². The standard InChI is InChI=1S/C11H18N4O/c12-9-2-1-5-15(6-9)7-10-13-11(16-14-10)8-3-4-8/h8-9H,1-7,12H2/t9-/m0/s1. The van der Waals surface area contributed by atoms with Crippen LogP contribution < -0.4 is 5.73 Å². The van der Waals surface area contributed by atoms with E-state index in [0.29, 0.717) is 12.0 Å². The van der Waals surface area contributed by atoms with Gasteiger partial charge in [0.25, 0.3) is 0 Å². The van der Waals surface area contributed by atoms with Crippen molar-refractivity contribution < 1.29 is 4.52 Å². The van der Waals surface area contributed by atoms with Crippen molar-refractivity contribution in [3.8, 4) is 0 Å². The van der Waals surface area contributed by atoms with E-state index in [-0.39, 0.29) is 0 Å². The number of nitrogens with zero attached hydrogens (tertiary/aromatic N) is 3. The van der Waals surface area contributed by atoms with Gasteiger partial charge >= 0.3 is 0 Å². The second-order valence-electron chi connectivity index (χ2n) is 4.96. The minimum absolute atomic E-state index is 0.309. The molecule has 1 atom stereocenters. The van der Waals surface area contributed by atoms with Gasteiger partial charge in [-0.1, -0.05) is 5.16 Å². The van der Waals surface area contributed by atoms with E-state index in [2.05, 4.69) is 15.0 Å². The molecule has 1 aromatic heterocycles. The van der Waals surface area contributed by atoms with Crippen molar-refractivity contribution in [2.45, 2.75) is 44.2 Å². The summed E-state index contributed by atoms with van der Waals surface area (Å²) in [5, 5.41) is 4.03. The lowest BCUT2D eigenvalue weighted by Crippen LogP contribution is -2.42. The number of rotatable bonds is 3. The molecule has 1 saturated heterocycles. The Hall–Kier alpha value is -0.940. The monoisotopic (exact) mass is 222 g/mol. The molecule has 88 valence electrons. The van der Waals surface area contributed by atoms with Crippen LogP contribution >= 0.6 is 0 Å². The molecule has 5 nitrogen and oxygen atoms in total. The molecule has 2 fully saturated rings. The quantitative estimate of drug-likeness (QED) is 0.822. The summed E-state index contributed by atoms with van der Waals surface area (Å²) in [5.41, 5.74) is 5.94. The molecule has 16 heavy (non-hydrogen) atoms. The van der Waals surface area contributed by atoms with Crippen molar-refractivity contribution in [1.82, 2.24) is 15.0 Å². The number of aromatic nitrogens is 2. The zero-order valence-corrected chi connectivity index (χ0v) is 9.43. The van der Waals surface area contributed by atoms with Gasteiger partial charge in [0, 0.05) is 18.5 Å². The van der Waals surface area contributed by atoms with Gasteiger partial charge in [-0.2, -0.15) is 4.98 Å². The highest BCUT2D eigenvalue weighted by Gasteiger charge is 2.30. The molecule has 0 bridgehead atoms. The largest absolute Gasteiger partial charge is 0.339 e. The summed E-state index contributed by atoms with van der Waals surface area (Å²) < 4.78 is 5.24. The summed E-state index contributed by atoms with van der Waals surface area (Å²) in [6, 6.07) is 0.309. The second-order valence-corrected chi connectivity index (χ2v) is 4.96. The molecule has 5 heteroatoms. The highest BCUT2D eigenvalue weighted by Crippen LogP contribution is 2.38. The minimum Gasteiger partial charge on any atom is -0.339 e. The van der Waals surface area contributed by atoms with E-state index in [1.165, 1.54) is 19.3 Å². The number of likely N-dealkylation sites (tertiary alicyclic amines) is 1. The molecule has 1 aliphatic heterocycles. The van der Waals surface area contributed by atoms with Crippen LogP contribution in [0.15, 0.2) is 4.52 Å². The zero-order chi connectivity index (χ0) is 11.0. The topological polar surface area (TPSA) is 68.2 Å². The smallest absolute Gasteiger partial charge is 0.229 e. The van der Waals surface area contributed by atoms with Crippen LogP contribution in [0, 0.1) is 0 Å². The molecule has 0 spiro atoms. The molecule has 2 heterocycles. The normalized spacial score (nSPS) is 27.2. The van der Waals surface area contributed by atoms with Gasteiger partial charge in [0.1, 0.15) is 0 Å². The summed E-state index contributed by atoms with van der Waals surface area (Å²) in [5.74, 6) is 2.19. The summed E-state index contributed by atoms with van der Waals surface area (Å²) >= 11 is 0. The Morgan fingerprint density at radius 2 is 2.25 bits per heavy atom. The molecule has 2 N–H and O–H groups in total. The molecule has 3 rings (SSSR count). The third kappa shape index (κ3) is 2.25. The number of nitrogens with two attached hydrogens (primary N) is 1. The minimum atomic E-state index is 0.309. The molecule has 0 radical (unpaired) electrons. The molecule has 0 aromatic carbocycles. The van der Waals surface area contributed by atoms with E-state index >= 15 is 0 Å². The van der Waals surface area contributed by atoms with Gasteiger partial charge in [-0.05, 0) is 32.2 Å². The van der Waals surface area contributed by atoms with Crippen LogP contribution in [0.3, 0.4) is 0 Å². The predicted octanol–water partition coefficient (Wildman–Crippen LogP) is 0.870. The van der Waals surface area contributed by atoms with E-state index in [0.717, 1.165) is 37.8 Å². The lowest BCUT2D eigenvalue weighted by molar-refractivity contribution is 0.195. The van der Waals surface area contributed by atoms with Crippen LogP contribution in [-0.2, 0) is 6.54 Å². The van der Waals surface area contributed by atoms with Gasteiger partial charge in [-0.3, -0.25) is 4.90 Å². The van der Waals surface area contributed by atoms with Crippen LogP contribution in [-0.4, -0.2) is 34.2 Å². The maximum absolute atomic E-state index is 5.94. The van der Waals surface area contributed by atoms with Gasteiger partial charge in [0.2, 0.25) is 5.89 Å². The van der Waals surface area contributed by atoms with Gasteiger partial charge in [0.05, 0.1) is 6.54 Å². The van der Waals surface area contributed by atoms with Crippen molar-refractivity contribution in [3.05, 3.63) is 11.7 Å². The van der Waals surface area contributed by atoms with Crippen LogP contribution in [0.4, 0.5) is 0 Å². The maximum atomic E-state index is 5.94. The van der Waals surface area contributed by atoms with Gasteiger partial charge < -0.3 is 10.3 Å². The second kappa shape index (κ2) is 4.14. The first-order chi connectivity index (χ1) is 7.81. The first kappa shape index (κ1) is 10.2. The Bertz CT molecular complexity index is 361. The first-order valence-electron chi connectivity index (χ1n) is 6.11. The van der Waals surface area contributed by atoms with Crippen molar-refractivity contribution in [2.24, 2.45) is 5.73 Å². The SMILES string of the molecule is N[C@H]1CCCN(Cc2noc(C3CC3)n2)C1. The molecule has 2 aliphatic rings. The summed E-state index contributed by atoms with van der Waals surface area (Å²) in [7, 11) is 0. The molecule has 0 unspecified atom stereocenters. The van der Waals surface area contributed by atoms with E-state index in [1.807, 2.05) is 0 Å². The van der Waals surface area contributed by atoms with Gasteiger partial charge in [-0.15, -0.1) is 0 Å². The Kier molecular flexibility index (Phi) is 2.65. The van der Waals surface area contributed by atoms with Crippen LogP contribution in [0.1, 0.15) is 43.3 Å². The van der Waals surface area contributed by atoms with Crippen molar-refractivity contribution >= 4 is 0 Å². The van der Waals surface area contributed by atoms with Crippen molar-refractivity contribution in [3.63, 3.8) is 0 Å². The predicted molar refractivity (Wildman–Crippen MR) is 58.8 cm³/mol. The fraction of sp³-hybridized carbons (Fsp3) is 0.818. The van der Waals surface area contributed by atoms with Crippen LogP contribution in [0.25, 0.3) is 0 Å². The number of hydrogen-bond acceptors (Lipinski definition) is 5. The summed E-state index contributed by atoms with van der Waals surface area (Å²) in [6.07, 6.45) is 4.72. The fourth-order valence-electron chi connectivity index (χ4n) is 2.26. The Balaban J connectivity index is 1.59. The molecular formula is C11H18N4O. The zero-order valence-electron chi connectivity index (χ0n) is 9.43. The lowest BCUT2D eigenvalue weighted by Gasteiger charge is -2.29. The molecule has 0 amide bonds. The average molecular weight is 222 g/mol. The summed E-state index contributed by atoms with van der Waals surface area (Å²) in [4.78, 5) is 6.75. The lowest BCUT2D eigenvalue weighted by atomic mass is 10.1. The number of hydrogen-bond donors (Lipinski definition) is 1. The highest BCUT2D eigenvalue weighted by molar-refractivity contribution is 5.01. The molecule has 1 aromatic rings.